The van der Waals surface area contributed by atoms with E-state index in [9.17, 15) is 9.59 Å². The molecule has 2 amide bonds. The van der Waals surface area contributed by atoms with Gasteiger partial charge in [-0.15, -0.1) is 11.3 Å². The lowest BCUT2D eigenvalue weighted by atomic mass is 9.86. The molecule has 0 radical (unpaired) electrons. The van der Waals surface area contributed by atoms with Gasteiger partial charge in [0, 0.05) is 47.8 Å². The van der Waals surface area contributed by atoms with Crippen LogP contribution in [0.15, 0.2) is 83.4 Å². The van der Waals surface area contributed by atoms with E-state index in [0.717, 1.165) is 52.6 Å². The van der Waals surface area contributed by atoms with Crippen LogP contribution in [-0.2, 0) is 16.1 Å². The van der Waals surface area contributed by atoms with E-state index in [2.05, 4.69) is 27.4 Å². The number of rotatable bonds is 11. The number of thioether (sulfide) groups is 1. The molecular weight excluding hydrogens is 589 g/mol. The third-order valence-corrected chi connectivity index (χ3v) is 9.21. The first-order chi connectivity index (χ1) is 21.3. The van der Waals surface area contributed by atoms with Gasteiger partial charge < -0.3 is 15.1 Å². The van der Waals surface area contributed by atoms with Crippen LogP contribution in [0.5, 0.6) is 0 Å². The highest BCUT2D eigenvalue weighted by Gasteiger charge is 2.37. The Labute approximate surface area is 267 Å². The van der Waals surface area contributed by atoms with Gasteiger partial charge in [-0.3, -0.25) is 9.59 Å². The summed E-state index contributed by atoms with van der Waals surface area (Å²) in [4.78, 5) is 46.0. The lowest BCUT2D eigenvalue weighted by Crippen LogP contribution is -2.51. The van der Waals surface area contributed by atoms with Crippen LogP contribution in [-0.4, -0.2) is 57.6 Å². The van der Waals surface area contributed by atoms with Crippen molar-refractivity contribution < 1.29 is 9.59 Å². The number of hydrogen-bond acceptors (Lipinski definition) is 8. The van der Waals surface area contributed by atoms with Crippen molar-refractivity contribution in [2.45, 2.75) is 50.9 Å². The number of carbonyl (C=O) groups is 2. The smallest absolute Gasteiger partial charge is 0.247 e. The zero-order valence-corrected chi connectivity index (χ0v) is 27.2. The molecular formula is C34H38N6O2S2. The molecule has 2 aromatic carbocycles. The number of allylic oxidation sites excluding steroid dienone is 2. The Bertz CT molecular complexity index is 1580. The van der Waals surface area contributed by atoms with Crippen LogP contribution in [0.3, 0.4) is 0 Å². The fourth-order valence-corrected chi connectivity index (χ4v) is 6.99. The van der Waals surface area contributed by atoms with Gasteiger partial charge in [0.15, 0.2) is 5.16 Å². The Balaban J connectivity index is 1.45. The molecule has 5 rings (SSSR count). The molecule has 2 aromatic heterocycles. The normalized spacial score (nSPS) is 15.0. The summed E-state index contributed by atoms with van der Waals surface area (Å²) in [5.74, 6) is -0.249. The van der Waals surface area contributed by atoms with Crippen molar-refractivity contribution in [1.29, 1.82) is 0 Å². The van der Waals surface area contributed by atoms with Crippen molar-refractivity contribution in [3.05, 3.63) is 94.6 Å². The van der Waals surface area contributed by atoms with Crippen LogP contribution >= 0.6 is 23.1 Å². The Morgan fingerprint density at radius 3 is 2.39 bits per heavy atom. The van der Waals surface area contributed by atoms with E-state index in [-0.39, 0.29) is 30.0 Å². The van der Waals surface area contributed by atoms with Crippen molar-refractivity contribution in [3.8, 4) is 11.3 Å². The molecule has 0 saturated carbocycles. The van der Waals surface area contributed by atoms with Gasteiger partial charge in [0.05, 0.1) is 18.0 Å². The second-order valence-electron chi connectivity index (χ2n) is 11.2. The SMILES string of the molecule is Cc1cc(C)nc(SCC(=O)N(Cc2nc(-c3ccccc3)cs2)[C@@H](C(=O)Nc2ccc(N(C)C)cc2)[C@H]2CC=CCC2)n1. The minimum absolute atomic E-state index is 0.0268. The monoisotopic (exact) mass is 626 g/mol. The van der Waals surface area contributed by atoms with Crippen LogP contribution in [0.25, 0.3) is 11.3 Å². The molecule has 1 aliphatic carbocycles. The number of thiazole rings is 1. The fourth-order valence-electron chi connectivity index (χ4n) is 5.35. The van der Waals surface area contributed by atoms with Gasteiger partial charge in [-0.25, -0.2) is 15.0 Å². The standard InChI is InChI=1S/C34H38N6O2S2/c1-23-19-24(2)36-34(35-23)44-22-31(41)40(20-30-38-29(21-43-30)25-11-7-5-8-12-25)32(26-13-9-6-10-14-26)33(42)37-27-15-17-28(18-16-27)39(3)4/h5-9,11-12,15-19,21,26,32H,10,13-14,20,22H2,1-4H3,(H,37,42)/t26-,32+/m0/s1. The van der Waals surface area contributed by atoms with Gasteiger partial charge in [-0.1, -0.05) is 54.2 Å². The van der Waals surface area contributed by atoms with Gasteiger partial charge in [-0.2, -0.15) is 0 Å². The summed E-state index contributed by atoms with van der Waals surface area (Å²) in [6, 6.07) is 19.0. The molecule has 8 nitrogen and oxygen atoms in total. The van der Waals surface area contributed by atoms with E-state index in [1.54, 1.807) is 4.90 Å². The number of hydrogen-bond donors (Lipinski definition) is 1. The average Bonchev–Trinajstić information content (AvgIpc) is 3.49. The molecule has 44 heavy (non-hydrogen) atoms. The number of benzene rings is 2. The van der Waals surface area contributed by atoms with Crippen LogP contribution in [0.2, 0.25) is 0 Å². The molecule has 0 unspecified atom stereocenters. The minimum atomic E-state index is -0.675. The maximum atomic E-state index is 14.2. The Hall–Kier alpha value is -4.02. The lowest BCUT2D eigenvalue weighted by Gasteiger charge is -2.36. The van der Waals surface area contributed by atoms with Gasteiger partial charge in [0.1, 0.15) is 11.0 Å². The summed E-state index contributed by atoms with van der Waals surface area (Å²) in [5.41, 5.74) is 5.32. The number of carbonyl (C=O) groups excluding carboxylic acids is 2. The van der Waals surface area contributed by atoms with E-state index >= 15 is 0 Å². The highest BCUT2D eigenvalue weighted by atomic mass is 32.2. The van der Waals surface area contributed by atoms with Crippen molar-refractivity contribution in [2.24, 2.45) is 5.92 Å². The molecule has 0 spiro atoms. The predicted molar refractivity (Wildman–Crippen MR) is 180 cm³/mol. The van der Waals surface area contributed by atoms with Gasteiger partial charge in [0.2, 0.25) is 11.8 Å². The number of anilines is 2. The number of aryl methyl sites for hydroxylation is 2. The summed E-state index contributed by atoms with van der Waals surface area (Å²) in [6.07, 6.45) is 6.69. The largest absolute Gasteiger partial charge is 0.378 e. The Morgan fingerprint density at radius 1 is 1.00 bits per heavy atom. The predicted octanol–water partition coefficient (Wildman–Crippen LogP) is 6.77. The first-order valence-electron chi connectivity index (χ1n) is 14.7. The van der Waals surface area contributed by atoms with Gasteiger partial charge >= 0.3 is 0 Å². The molecule has 4 aromatic rings. The topological polar surface area (TPSA) is 91.3 Å². The van der Waals surface area contributed by atoms with E-state index in [1.807, 2.05) is 98.9 Å². The third kappa shape index (κ3) is 8.12. The van der Waals surface area contributed by atoms with Gasteiger partial charge in [-0.05, 0) is 69.4 Å². The van der Waals surface area contributed by atoms with Crippen molar-refractivity contribution in [1.82, 2.24) is 19.9 Å². The minimum Gasteiger partial charge on any atom is -0.378 e. The summed E-state index contributed by atoms with van der Waals surface area (Å²) in [6.45, 7) is 4.08. The number of amides is 2. The first kappa shape index (κ1) is 31.4. The average molecular weight is 627 g/mol. The summed E-state index contributed by atoms with van der Waals surface area (Å²) >= 11 is 2.81. The molecule has 0 saturated heterocycles. The molecule has 2 atom stereocenters. The number of aromatic nitrogens is 3. The van der Waals surface area contributed by atoms with E-state index in [1.165, 1.54) is 23.1 Å². The van der Waals surface area contributed by atoms with Crippen molar-refractivity contribution in [3.63, 3.8) is 0 Å². The molecule has 0 bridgehead atoms. The molecule has 1 N–H and O–H groups in total. The second kappa shape index (κ2) is 14.6. The molecule has 228 valence electrons. The van der Waals surface area contributed by atoms with Crippen molar-refractivity contribution >= 4 is 46.3 Å². The third-order valence-electron chi connectivity index (χ3n) is 7.55. The molecule has 10 heteroatoms. The lowest BCUT2D eigenvalue weighted by molar-refractivity contribution is -0.139. The molecule has 0 aliphatic heterocycles. The van der Waals surface area contributed by atoms with Crippen LogP contribution < -0.4 is 10.2 Å². The quantitative estimate of drug-likeness (QED) is 0.112. The highest BCUT2D eigenvalue weighted by molar-refractivity contribution is 7.99. The fraction of sp³-hybridized carbons (Fsp3) is 0.324. The van der Waals surface area contributed by atoms with E-state index in [4.69, 9.17) is 4.98 Å². The highest BCUT2D eigenvalue weighted by Crippen LogP contribution is 2.30. The van der Waals surface area contributed by atoms with Crippen molar-refractivity contribution in [2.75, 3.05) is 30.1 Å². The molecule has 0 fully saturated rings. The summed E-state index contributed by atoms with van der Waals surface area (Å²) < 4.78 is 0. The second-order valence-corrected chi connectivity index (χ2v) is 13.0. The number of nitrogens with one attached hydrogen (secondary N) is 1. The zero-order valence-electron chi connectivity index (χ0n) is 25.6. The molecule has 2 heterocycles. The maximum absolute atomic E-state index is 14.2. The van der Waals surface area contributed by atoms with Crippen LogP contribution in [0, 0.1) is 19.8 Å². The van der Waals surface area contributed by atoms with Crippen LogP contribution in [0.1, 0.15) is 35.7 Å². The Morgan fingerprint density at radius 2 is 1.73 bits per heavy atom. The zero-order chi connectivity index (χ0) is 31.1. The maximum Gasteiger partial charge on any atom is 0.247 e. The van der Waals surface area contributed by atoms with E-state index in [0.29, 0.717) is 10.8 Å². The number of nitrogens with zero attached hydrogens (tertiary/aromatic N) is 5. The van der Waals surface area contributed by atoms with Crippen LogP contribution in [0.4, 0.5) is 11.4 Å². The first-order valence-corrected chi connectivity index (χ1v) is 16.6. The summed E-state index contributed by atoms with van der Waals surface area (Å²) in [7, 11) is 3.96. The summed E-state index contributed by atoms with van der Waals surface area (Å²) in [5, 5.41) is 6.47. The molecule has 1 aliphatic rings. The van der Waals surface area contributed by atoms with E-state index < -0.39 is 6.04 Å². The van der Waals surface area contributed by atoms with Gasteiger partial charge in [0.25, 0.3) is 0 Å². The Kier molecular flexibility index (Phi) is 10.4.